The van der Waals surface area contributed by atoms with Crippen LogP contribution in [0.15, 0.2) is 0 Å². The number of carbonyl (C=O) groups is 1. The average Bonchev–Trinajstić information content (AvgIpc) is 2.48. The zero-order valence-electron chi connectivity index (χ0n) is 10.8. The van der Waals surface area contributed by atoms with Crippen molar-refractivity contribution in [1.29, 1.82) is 0 Å². The van der Waals surface area contributed by atoms with Gasteiger partial charge in [-0.05, 0) is 18.8 Å². The Labute approximate surface area is 108 Å². The molecule has 1 amide bonds. The molecule has 0 radical (unpaired) electrons. The second-order valence-electron chi connectivity index (χ2n) is 5.02. The number of hydrogen-bond acceptors (Lipinski definition) is 4. The minimum absolute atomic E-state index is 0.0526. The van der Waals surface area contributed by atoms with E-state index in [2.05, 4.69) is 0 Å². The highest BCUT2D eigenvalue weighted by atomic mass is 32.2. The van der Waals surface area contributed by atoms with Gasteiger partial charge in [-0.3, -0.25) is 4.79 Å². The lowest BCUT2D eigenvalue weighted by Crippen LogP contribution is -2.36. The van der Waals surface area contributed by atoms with Crippen molar-refractivity contribution in [2.75, 3.05) is 40.4 Å². The third-order valence-electron chi connectivity index (χ3n) is 3.91. The highest BCUT2D eigenvalue weighted by molar-refractivity contribution is 7.90. The zero-order chi connectivity index (χ0) is 13.3. The number of nitrogens with zero attached hydrogens (tertiary/aromatic N) is 2. The molecule has 2 heterocycles. The third kappa shape index (κ3) is 2.39. The molecule has 2 aliphatic heterocycles. The van der Waals surface area contributed by atoms with Crippen molar-refractivity contribution in [2.24, 2.45) is 5.92 Å². The Kier molecular flexibility index (Phi) is 3.93. The molecule has 0 unspecified atom stereocenters. The molecule has 0 saturated carbocycles. The second-order valence-corrected chi connectivity index (χ2v) is 7.27. The predicted molar refractivity (Wildman–Crippen MR) is 66.5 cm³/mol. The number of ether oxygens (including phenoxy) is 1. The Morgan fingerprint density at radius 1 is 1.33 bits per heavy atom. The van der Waals surface area contributed by atoms with E-state index in [4.69, 9.17) is 4.74 Å². The second kappa shape index (κ2) is 5.14. The van der Waals surface area contributed by atoms with Crippen molar-refractivity contribution in [1.82, 2.24) is 9.21 Å². The number of methoxy groups -OCH3 is 1. The molecule has 2 atom stereocenters. The van der Waals surface area contributed by atoms with Crippen molar-refractivity contribution in [2.45, 2.75) is 18.1 Å². The smallest absolute Gasteiger partial charge is 0.248 e. The highest BCUT2D eigenvalue weighted by Crippen LogP contribution is 2.33. The molecule has 0 aromatic rings. The number of hydrogen-bond donors (Lipinski definition) is 0. The maximum absolute atomic E-state index is 12.1. The molecular formula is C11H20N2O4S. The monoisotopic (exact) mass is 276 g/mol. The lowest BCUT2D eigenvalue weighted by atomic mass is 10.0. The van der Waals surface area contributed by atoms with Crippen molar-refractivity contribution in [3.63, 3.8) is 0 Å². The SMILES string of the molecule is COCC(=O)N1CC[C@H]2CN(C)S(=O)(=O)[C@H]2CC1. The summed E-state index contributed by atoms with van der Waals surface area (Å²) in [6, 6.07) is 0. The van der Waals surface area contributed by atoms with E-state index in [9.17, 15) is 13.2 Å². The maximum Gasteiger partial charge on any atom is 0.248 e. The summed E-state index contributed by atoms with van der Waals surface area (Å²) in [5.74, 6) is 0.101. The fourth-order valence-electron chi connectivity index (χ4n) is 2.87. The first-order valence-corrected chi connectivity index (χ1v) is 7.69. The van der Waals surface area contributed by atoms with Crippen LogP contribution in [0, 0.1) is 5.92 Å². The average molecular weight is 276 g/mol. The van der Waals surface area contributed by atoms with Crippen LogP contribution in [0.3, 0.4) is 0 Å². The van der Waals surface area contributed by atoms with E-state index in [1.807, 2.05) is 0 Å². The van der Waals surface area contributed by atoms with Gasteiger partial charge in [0, 0.05) is 33.8 Å². The zero-order valence-corrected chi connectivity index (χ0v) is 11.6. The van der Waals surface area contributed by atoms with Crippen LogP contribution in [0.25, 0.3) is 0 Å². The third-order valence-corrected chi connectivity index (χ3v) is 6.31. The maximum atomic E-state index is 12.1. The summed E-state index contributed by atoms with van der Waals surface area (Å²) in [5.41, 5.74) is 0. The minimum atomic E-state index is -3.15. The molecule has 0 aromatic heterocycles. The van der Waals surface area contributed by atoms with E-state index in [0.717, 1.165) is 6.42 Å². The largest absolute Gasteiger partial charge is 0.375 e. The molecule has 2 saturated heterocycles. The quantitative estimate of drug-likeness (QED) is 0.683. The minimum Gasteiger partial charge on any atom is -0.375 e. The fraction of sp³-hybridized carbons (Fsp3) is 0.909. The molecule has 0 N–H and O–H groups in total. The van der Waals surface area contributed by atoms with E-state index >= 15 is 0 Å². The Bertz CT molecular complexity index is 423. The normalized spacial score (nSPS) is 32.0. The molecule has 7 heteroatoms. The van der Waals surface area contributed by atoms with Crippen LogP contribution in [0.5, 0.6) is 0 Å². The summed E-state index contributed by atoms with van der Waals surface area (Å²) < 4.78 is 30.4. The van der Waals surface area contributed by atoms with Crippen LogP contribution in [0.2, 0.25) is 0 Å². The Morgan fingerprint density at radius 3 is 2.67 bits per heavy atom. The van der Waals surface area contributed by atoms with Crippen molar-refractivity contribution >= 4 is 15.9 Å². The molecule has 104 valence electrons. The molecule has 0 aliphatic carbocycles. The standard InChI is InChI=1S/C11H20N2O4S/c1-12-7-9-3-5-13(11(14)8-17-2)6-4-10(9)18(12,15)16/h9-10H,3-8H2,1-2H3/t9-,10-/m0/s1. The summed E-state index contributed by atoms with van der Waals surface area (Å²) in [5, 5.41) is -0.317. The van der Waals surface area contributed by atoms with Crippen molar-refractivity contribution in [3.05, 3.63) is 0 Å². The van der Waals surface area contributed by atoms with Gasteiger partial charge in [0.25, 0.3) is 0 Å². The van der Waals surface area contributed by atoms with Gasteiger partial charge in [-0.2, -0.15) is 0 Å². The molecule has 2 aliphatic rings. The van der Waals surface area contributed by atoms with Crippen LogP contribution in [-0.2, 0) is 19.6 Å². The van der Waals surface area contributed by atoms with Crippen molar-refractivity contribution < 1.29 is 17.9 Å². The van der Waals surface area contributed by atoms with Crippen molar-refractivity contribution in [3.8, 4) is 0 Å². The number of sulfonamides is 1. The summed E-state index contributed by atoms with van der Waals surface area (Å²) >= 11 is 0. The Hall–Kier alpha value is -0.660. The van der Waals surface area contributed by atoms with Crippen LogP contribution in [-0.4, -0.2) is 69.2 Å². The molecule has 0 spiro atoms. The first-order valence-electron chi connectivity index (χ1n) is 6.18. The fourth-order valence-corrected chi connectivity index (χ4v) is 4.84. The topological polar surface area (TPSA) is 66.9 Å². The molecule has 18 heavy (non-hydrogen) atoms. The summed E-state index contributed by atoms with van der Waals surface area (Å²) in [6.07, 6.45) is 1.29. The van der Waals surface area contributed by atoms with Gasteiger partial charge in [0.15, 0.2) is 0 Å². The van der Waals surface area contributed by atoms with Crippen LogP contribution >= 0.6 is 0 Å². The summed E-state index contributed by atoms with van der Waals surface area (Å²) in [4.78, 5) is 13.5. The van der Waals surface area contributed by atoms with Gasteiger partial charge >= 0.3 is 0 Å². The van der Waals surface area contributed by atoms with E-state index in [1.165, 1.54) is 11.4 Å². The van der Waals surface area contributed by atoms with Crippen LogP contribution in [0.1, 0.15) is 12.8 Å². The van der Waals surface area contributed by atoms with E-state index in [0.29, 0.717) is 26.1 Å². The summed E-state index contributed by atoms with van der Waals surface area (Å²) in [6.45, 7) is 1.80. The van der Waals surface area contributed by atoms with Gasteiger partial charge in [-0.15, -0.1) is 0 Å². The summed E-state index contributed by atoms with van der Waals surface area (Å²) in [7, 11) is -0.0199. The number of rotatable bonds is 2. The van der Waals surface area contributed by atoms with Gasteiger partial charge in [0.05, 0.1) is 5.25 Å². The molecule has 0 aromatic carbocycles. The predicted octanol–water partition coefficient (Wildman–Crippen LogP) is -0.485. The number of carbonyl (C=O) groups excluding carboxylic acids is 1. The first kappa shape index (κ1) is 13.8. The Morgan fingerprint density at radius 2 is 2.00 bits per heavy atom. The van der Waals surface area contributed by atoms with Gasteiger partial charge in [0.2, 0.25) is 15.9 Å². The lowest BCUT2D eigenvalue weighted by Gasteiger charge is -2.20. The van der Waals surface area contributed by atoms with Gasteiger partial charge in [-0.25, -0.2) is 12.7 Å². The molecule has 2 fully saturated rings. The molecule has 2 rings (SSSR count). The molecule has 6 nitrogen and oxygen atoms in total. The van der Waals surface area contributed by atoms with E-state index in [1.54, 1.807) is 11.9 Å². The first-order chi connectivity index (χ1) is 8.46. The van der Waals surface area contributed by atoms with E-state index < -0.39 is 10.0 Å². The number of likely N-dealkylation sites (tertiary alicyclic amines) is 1. The van der Waals surface area contributed by atoms with Crippen LogP contribution in [0.4, 0.5) is 0 Å². The van der Waals surface area contributed by atoms with Gasteiger partial charge in [-0.1, -0.05) is 0 Å². The van der Waals surface area contributed by atoms with Gasteiger partial charge < -0.3 is 9.64 Å². The number of fused-ring (bicyclic) bond motifs is 1. The molecular weight excluding hydrogens is 256 g/mol. The molecule has 0 bridgehead atoms. The highest BCUT2D eigenvalue weighted by Gasteiger charge is 2.45. The number of amides is 1. The van der Waals surface area contributed by atoms with Gasteiger partial charge in [0.1, 0.15) is 6.61 Å². The van der Waals surface area contributed by atoms with Crippen LogP contribution < -0.4 is 0 Å². The Balaban J connectivity index is 2.06. The lowest BCUT2D eigenvalue weighted by molar-refractivity contribution is -0.135. The van der Waals surface area contributed by atoms with E-state index in [-0.39, 0.29) is 23.7 Å².